The van der Waals surface area contributed by atoms with Gasteiger partial charge in [-0.2, -0.15) is 0 Å². The molecule has 0 spiro atoms. The summed E-state index contributed by atoms with van der Waals surface area (Å²) in [5.41, 5.74) is 1.76. The number of unbranched alkanes of at least 4 members (excludes halogenated alkanes) is 1. The Morgan fingerprint density at radius 2 is 1.83 bits per heavy atom. The zero-order valence-corrected chi connectivity index (χ0v) is 17.8. The fourth-order valence-electron chi connectivity index (χ4n) is 3.18. The standard InChI is InChI=1S/C22H32N2O5/c1-5-9-13-29-17-12-11-15(14-18(17)27-7-3)20-19(21(25)28-8-4)16(10-6-2)23-22(26)24-20/h11-12,14,20H,5-10,13H2,1-4H3,(H2,23,24,26). The number of rotatable bonds is 11. The maximum absolute atomic E-state index is 12.7. The molecule has 160 valence electrons. The third-order valence-electron chi connectivity index (χ3n) is 4.51. The number of benzene rings is 1. The van der Waals surface area contributed by atoms with Gasteiger partial charge in [-0.1, -0.05) is 32.8 Å². The van der Waals surface area contributed by atoms with Gasteiger partial charge in [0.25, 0.3) is 0 Å². The Hall–Kier alpha value is -2.70. The van der Waals surface area contributed by atoms with Crippen LogP contribution in [0.4, 0.5) is 4.79 Å². The second-order valence-electron chi connectivity index (χ2n) is 6.74. The fraction of sp³-hybridized carbons (Fsp3) is 0.545. The van der Waals surface area contributed by atoms with Gasteiger partial charge in [0.05, 0.1) is 31.4 Å². The Labute approximate surface area is 172 Å². The van der Waals surface area contributed by atoms with E-state index in [0.717, 1.165) is 24.8 Å². The quantitative estimate of drug-likeness (QED) is 0.426. The highest BCUT2D eigenvalue weighted by Crippen LogP contribution is 2.35. The van der Waals surface area contributed by atoms with Crippen LogP contribution in [0.15, 0.2) is 29.5 Å². The molecule has 0 fully saturated rings. The van der Waals surface area contributed by atoms with Crippen LogP contribution in [0.1, 0.15) is 65.0 Å². The molecule has 2 N–H and O–H groups in total. The molecule has 7 nitrogen and oxygen atoms in total. The topological polar surface area (TPSA) is 85.9 Å². The highest BCUT2D eigenvalue weighted by Gasteiger charge is 2.33. The zero-order valence-electron chi connectivity index (χ0n) is 17.8. The lowest BCUT2D eigenvalue weighted by Gasteiger charge is -2.29. The molecule has 0 saturated carbocycles. The van der Waals surface area contributed by atoms with Crippen molar-refractivity contribution in [2.24, 2.45) is 0 Å². The molecule has 0 radical (unpaired) electrons. The van der Waals surface area contributed by atoms with Gasteiger partial charge in [0, 0.05) is 5.70 Å². The lowest BCUT2D eigenvalue weighted by Crippen LogP contribution is -2.46. The number of amides is 2. The predicted octanol–water partition coefficient (Wildman–Crippen LogP) is 4.24. The monoisotopic (exact) mass is 404 g/mol. The minimum Gasteiger partial charge on any atom is -0.490 e. The second kappa shape index (κ2) is 11.3. The van der Waals surface area contributed by atoms with E-state index in [9.17, 15) is 9.59 Å². The van der Waals surface area contributed by atoms with Crippen LogP contribution in [0, 0.1) is 0 Å². The molecule has 7 heteroatoms. The van der Waals surface area contributed by atoms with Gasteiger partial charge in [0.1, 0.15) is 0 Å². The van der Waals surface area contributed by atoms with Crippen LogP contribution in [0.5, 0.6) is 11.5 Å². The Bertz CT molecular complexity index is 745. The molecule has 1 aliphatic rings. The van der Waals surface area contributed by atoms with E-state index in [1.54, 1.807) is 6.92 Å². The average molecular weight is 405 g/mol. The predicted molar refractivity (Wildman–Crippen MR) is 111 cm³/mol. The molecule has 0 aromatic heterocycles. The largest absolute Gasteiger partial charge is 0.490 e. The van der Waals surface area contributed by atoms with E-state index < -0.39 is 12.0 Å². The second-order valence-corrected chi connectivity index (χ2v) is 6.74. The van der Waals surface area contributed by atoms with E-state index in [1.807, 2.05) is 32.0 Å². The summed E-state index contributed by atoms with van der Waals surface area (Å²) in [4.78, 5) is 24.9. The molecule has 2 rings (SSSR count). The zero-order chi connectivity index (χ0) is 21.2. The van der Waals surface area contributed by atoms with Gasteiger partial charge < -0.3 is 24.8 Å². The van der Waals surface area contributed by atoms with E-state index in [1.165, 1.54) is 0 Å². The SMILES string of the molecule is CCCCOc1ccc(C2NC(=O)NC(CCC)=C2C(=O)OCC)cc1OCC. The van der Waals surface area contributed by atoms with Crippen molar-refractivity contribution in [2.45, 2.75) is 59.4 Å². The van der Waals surface area contributed by atoms with E-state index in [0.29, 0.717) is 42.4 Å². The van der Waals surface area contributed by atoms with Gasteiger partial charge in [-0.15, -0.1) is 0 Å². The molecule has 1 aromatic carbocycles. The number of carbonyl (C=O) groups excluding carboxylic acids is 2. The lowest BCUT2D eigenvalue weighted by atomic mass is 9.93. The van der Waals surface area contributed by atoms with Gasteiger partial charge in [-0.05, 0) is 44.4 Å². The third kappa shape index (κ3) is 5.89. The molecule has 0 aliphatic carbocycles. The number of ether oxygens (including phenoxy) is 3. The number of carbonyl (C=O) groups is 2. The van der Waals surface area contributed by atoms with Crippen LogP contribution >= 0.6 is 0 Å². The van der Waals surface area contributed by atoms with E-state index in [4.69, 9.17) is 14.2 Å². The highest BCUT2D eigenvalue weighted by molar-refractivity contribution is 5.95. The van der Waals surface area contributed by atoms with Crippen LogP contribution in [-0.4, -0.2) is 31.8 Å². The molecule has 29 heavy (non-hydrogen) atoms. The molecule has 1 atom stereocenters. The number of urea groups is 1. The molecule has 0 saturated heterocycles. The van der Waals surface area contributed by atoms with Crippen molar-refractivity contribution in [3.8, 4) is 11.5 Å². The van der Waals surface area contributed by atoms with Crippen LogP contribution in [0.3, 0.4) is 0 Å². The van der Waals surface area contributed by atoms with Crippen molar-refractivity contribution < 1.29 is 23.8 Å². The molecule has 1 aliphatic heterocycles. The first kappa shape index (κ1) is 22.6. The van der Waals surface area contributed by atoms with E-state index >= 15 is 0 Å². The number of hydrogen-bond acceptors (Lipinski definition) is 5. The van der Waals surface area contributed by atoms with Gasteiger partial charge in [-0.25, -0.2) is 9.59 Å². The van der Waals surface area contributed by atoms with Gasteiger partial charge in [-0.3, -0.25) is 0 Å². The van der Waals surface area contributed by atoms with Crippen LogP contribution in [0.25, 0.3) is 0 Å². The van der Waals surface area contributed by atoms with Crippen LogP contribution in [-0.2, 0) is 9.53 Å². The number of allylic oxidation sites excluding steroid dienone is 1. The number of hydrogen-bond donors (Lipinski definition) is 2. The number of esters is 1. The summed E-state index contributed by atoms with van der Waals surface area (Å²) >= 11 is 0. The third-order valence-corrected chi connectivity index (χ3v) is 4.51. The fourth-order valence-corrected chi connectivity index (χ4v) is 3.18. The van der Waals surface area contributed by atoms with Gasteiger partial charge >= 0.3 is 12.0 Å². The Balaban J connectivity index is 2.44. The molecular weight excluding hydrogens is 372 g/mol. The average Bonchev–Trinajstić information content (AvgIpc) is 2.69. The van der Waals surface area contributed by atoms with Gasteiger partial charge in [0.15, 0.2) is 11.5 Å². The Morgan fingerprint density at radius 3 is 2.48 bits per heavy atom. The highest BCUT2D eigenvalue weighted by atomic mass is 16.5. The molecule has 1 heterocycles. The maximum atomic E-state index is 12.7. The molecule has 1 aromatic rings. The van der Waals surface area contributed by atoms with Crippen LogP contribution in [0.2, 0.25) is 0 Å². The van der Waals surface area contributed by atoms with Crippen molar-refractivity contribution in [3.63, 3.8) is 0 Å². The van der Waals surface area contributed by atoms with Crippen LogP contribution < -0.4 is 20.1 Å². The van der Waals surface area contributed by atoms with Gasteiger partial charge in [0.2, 0.25) is 0 Å². The van der Waals surface area contributed by atoms with Crippen molar-refractivity contribution in [3.05, 3.63) is 35.0 Å². The minimum atomic E-state index is -0.617. The van der Waals surface area contributed by atoms with Crippen molar-refractivity contribution in [1.29, 1.82) is 0 Å². The first-order valence-corrected chi connectivity index (χ1v) is 10.4. The van der Waals surface area contributed by atoms with Crippen molar-refractivity contribution >= 4 is 12.0 Å². The van der Waals surface area contributed by atoms with Crippen molar-refractivity contribution in [2.75, 3.05) is 19.8 Å². The summed E-state index contributed by atoms with van der Waals surface area (Å²) in [7, 11) is 0. The van der Waals surface area contributed by atoms with E-state index in [2.05, 4.69) is 17.6 Å². The normalized spacial score (nSPS) is 16.1. The summed E-state index contributed by atoms with van der Waals surface area (Å²) in [5.74, 6) is 0.809. The summed E-state index contributed by atoms with van der Waals surface area (Å²) in [6.45, 7) is 9.11. The Kier molecular flexibility index (Phi) is 8.83. The molecule has 1 unspecified atom stereocenters. The summed E-state index contributed by atoms with van der Waals surface area (Å²) in [5, 5.41) is 5.61. The van der Waals surface area contributed by atoms with Crippen molar-refractivity contribution in [1.82, 2.24) is 10.6 Å². The Morgan fingerprint density at radius 1 is 1.03 bits per heavy atom. The molecule has 2 amide bonds. The smallest absolute Gasteiger partial charge is 0.338 e. The number of nitrogens with one attached hydrogen (secondary N) is 2. The maximum Gasteiger partial charge on any atom is 0.338 e. The first-order chi connectivity index (χ1) is 14.0. The van der Waals surface area contributed by atoms with E-state index in [-0.39, 0.29) is 12.6 Å². The molecular formula is C22H32N2O5. The first-order valence-electron chi connectivity index (χ1n) is 10.4. The summed E-state index contributed by atoms with van der Waals surface area (Å²) in [6.07, 6.45) is 3.36. The summed E-state index contributed by atoms with van der Waals surface area (Å²) < 4.78 is 16.9. The minimum absolute atomic E-state index is 0.261. The molecule has 0 bridgehead atoms. The summed E-state index contributed by atoms with van der Waals surface area (Å²) in [6, 6.07) is 4.54. The lowest BCUT2D eigenvalue weighted by molar-refractivity contribution is -0.139.